The maximum Gasteiger partial charge on any atom is 0.246 e. The van der Waals surface area contributed by atoms with E-state index in [0.29, 0.717) is 5.02 Å². The second-order valence-electron chi connectivity index (χ2n) is 7.45. The molecule has 1 aromatic carbocycles. The lowest BCUT2D eigenvalue weighted by atomic mass is 9.49. The molecule has 1 N–H and O–H groups in total. The van der Waals surface area contributed by atoms with Gasteiger partial charge in [0.25, 0.3) is 0 Å². The van der Waals surface area contributed by atoms with Crippen LogP contribution in [-0.2, 0) is 4.79 Å². The number of carbonyl (C=O) groups excluding carboxylic acids is 1. The maximum atomic E-state index is 12.7. The second-order valence-corrected chi connectivity index (χ2v) is 7.88. The van der Waals surface area contributed by atoms with Crippen LogP contribution in [-0.4, -0.2) is 12.1 Å². The van der Waals surface area contributed by atoms with Gasteiger partial charge in [-0.15, -0.1) is 0 Å². The van der Waals surface area contributed by atoms with Gasteiger partial charge in [-0.2, -0.15) is 5.10 Å². The summed E-state index contributed by atoms with van der Waals surface area (Å²) in [5.41, 5.74) is 3.61. The van der Waals surface area contributed by atoms with E-state index in [1.54, 1.807) is 6.21 Å². The first-order valence-corrected chi connectivity index (χ1v) is 8.60. The zero-order valence-electron chi connectivity index (χ0n) is 12.6. The highest BCUT2D eigenvalue weighted by atomic mass is 35.5. The van der Waals surface area contributed by atoms with Gasteiger partial charge in [-0.05, 0) is 74.0 Å². The summed E-state index contributed by atoms with van der Waals surface area (Å²) in [6.45, 7) is 0. The van der Waals surface area contributed by atoms with E-state index >= 15 is 0 Å². The predicted octanol–water partition coefficient (Wildman–Crippen LogP) is 4.01. The summed E-state index contributed by atoms with van der Waals surface area (Å²) < 4.78 is 0. The monoisotopic (exact) mass is 316 g/mol. The van der Waals surface area contributed by atoms with Crippen molar-refractivity contribution < 1.29 is 4.79 Å². The van der Waals surface area contributed by atoms with Gasteiger partial charge in [-0.3, -0.25) is 4.79 Å². The number of hydrogen-bond acceptors (Lipinski definition) is 2. The van der Waals surface area contributed by atoms with Crippen LogP contribution >= 0.6 is 11.6 Å². The molecule has 4 bridgehead atoms. The molecule has 4 fully saturated rings. The normalized spacial score (nSPS) is 36.0. The highest BCUT2D eigenvalue weighted by Gasteiger charge is 2.54. The lowest BCUT2D eigenvalue weighted by Gasteiger charge is -2.55. The largest absolute Gasteiger partial charge is 0.273 e. The van der Waals surface area contributed by atoms with Crippen LogP contribution in [0.2, 0.25) is 5.02 Å². The van der Waals surface area contributed by atoms with Gasteiger partial charge in [0.05, 0.1) is 11.6 Å². The molecule has 0 unspecified atom stereocenters. The van der Waals surface area contributed by atoms with Crippen LogP contribution in [0.5, 0.6) is 0 Å². The van der Waals surface area contributed by atoms with Gasteiger partial charge < -0.3 is 0 Å². The average Bonchev–Trinajstić information content (AvgIpc) is 2.48. The minimum absolute atomic E-state index is 0.133. The molecule has 0 aromatic heterocycles. The van der Waals surface area contributed by atoms with Crippen LogP contribution in [0.25, 0.3) is 0 Å². The molecule has 0 aliphatic heterocycles. The summed E-state index contributed by atoms with van der Waals surface area (Å²) >= 11 is 5.86. The first-order chi connectivity index (χ1) is 10.6. The van der Waals surface area contributed by atoms with Crippen molar-refractivity contribution in [3.8, 4) is 0 Å². The highest BCUT2D eigenvalue weighted by Crippen LogP contribution is 2.60. The number of benzene rings is 1. The lowest BCUT2D eigenvalue weighted by Crippen LogP contribution is -2.52. The Morgan fingerprint density at radius 3 is 2.18 bits per heavy atom. The number of hydrazone groups is 1. The molecule has 1 aromatic rings. The van der Waals surface area contributed by atoms with E-state index in [1.807, 2.05) is 24.3 Å². The third kappa shape index (κ3) is 2.56. The molecule has 1 amide bonds. The van der Waals surface area contributed by atoms with E-state index in [0.717, 1.165) is 42.6 Å². The van der Waals surface area contributed by atoms with Crippen molar-refractivity contribution in [2.45, 2.75) is 38.5 Å². The summed E-state index contributed by atoms with van der Waals surface area (Å²) in [6.07, 6.45) is 8.94. The van der Waals surface area contributed by atoms with Gasteiger partial charge in [-0.1, -0.05) is 23.7 Å². The first kappa shape index (κ1) is 14.3. The zero-order chi connectivity index (χ0) is 15.2. The lowest BCUT2D eigenvalue weighted by molar-refractivity contribution is -0.146. The molecule has 22 heavy (non-hydrogen) atoms. The Bertz CT molecular complexity index is 573. The minimum atomic E-state index is -0.133. The van der Waals surface area contributed by atoms with Crippen LogP contribution in [0.3, 0.4) is 0 Å². The fourth-order valence-corrected chi connectivity index (χ4v) is 5.35. The Kier molecular flexibility index (Phi) is 3.48. The van der Waals surface area contributed by atoms with Crippen molar-refractivity contribution in [2.75, 3.05) is 0 Å². The van der Waals surface area contributed by atoms with Gasteiger partial charge >= 0.3 is 0 Å². The van der Waals surface area contributed by atoms with Gasteiger partial charge in [0, 0.05) is 5.02 Å². The van der Waals surface area contributed by atoms with E-state index < -0.39 is 0 Å². The molecule has 4 aliphatic carbocycles. The van der Waals surface area contributed by atoms with E-state index in [2.05, 4.69) is 10.5 Å². The number of amides is 1. The number of nitrogens with one attached hydrogen (secondary N) is 1. The fraction of sp³-hybridized carbons (Fsp3) is 0.556. The zero-order valence-corrected chi connectivity index (χ0v) is 13.4. The number of hydrogen-bond donors (Lipinski definition) is 1. The Morgan fingerprint density at radius 1 is 1.09 bits per heavy atom. The molecule has 3 nitrogen and oxygen atoms in total. The molecule has 0 saturated heterocycles. The molecular formula is C18H21ClN2O. The van der Waals surface area contributed by atoms with E-state index in [9.17, 15) is 4.79 Å². The Hall–Kier alpha value is -1.35. The first-order valence-electron chi connectivity index (χ1n) is 8.22. The third-order valence-electron chi connectivity index (χ3n) is 5.77. The summed E-state index contributed by atoms with van der Waals surface area (Å²) in [6, 6.07) is 7.43. The van der Waals surface area contributed by atoms with Gasteiger partial charge in [0.1, 0.15) is 0 Å². The summed E-state index contributed by atoms with van der Waals surface area (Å²) in [7, 11) is 0. The predicted molar refractivity (Wildman–Crippen MR) is 87.8 cm³/mol. The van der Waals surface area contributed by atoms with Crippen molar-refractivity contribution in [3.05, 3.63) is 34.9 Å². The smallest absolute Gasteiger partial charge is 0.246 e. The molecule has 116 valence electrons. The van der Waals surface area contributed by atoms with E-state index in [1.165, 1.54) is 19.3 Å². The van der Waals surface area contributed by atoms with Gasteiger partial charge in [-0.25, -0.2) is 5.43 Å². The summed E-state index contributed by atoms with van der Waals surface area (Å²) in [5, 5.41) is 4.86. The molecule has 0 heterocycles. The Morgan fingerprint density at radius 2 is 1.64 bits per heavy atom. The number of nitrogens with zero attached hydrogens (tertiary/aromatic N) is 1. The van der Waals surface area contributed by atoms with Crippen LogP contribution in [0.1, 0.15) is 44.1 Å². The van der Waals surface area contributed by atoms with Crippen LogP contribution in [0, 0.1) is 23.2 Å². The van der Waals surface area contributed by atoms with Gasteiger partial charge in [0.2, 0.25) is 5.91 Å². The van der Waals surface area contributed by atoms with Crippen molar-refractivity contribution in [2.24, 2.45) is 28.3 Å². The second kappa shape index (κ2) is 5.38. The average molecular weight is 317 g/mol. The molecule has 0 spiro atoms. The van der Waals surface area contributed by atoms with Crippen LogP contribution in [0.4, 0.5) is 0 Å². The summed E-state index contributed by atoms with van der Waals surface area (Å²) in [4.78, 5) is 12.7. The molecule has 4 aliphatic rings. The standard InChI is InChI=1S/C18H21ClN2O/c19-16-3-1-12(2-4-16)11-20-21-17(22)18-8-13-5-14(9-18)7-15(6-13)10-18/h1-4,11,13-15H,5-10H2,(H,21,22)/b20-11-. The Labute approximate surface area is 136 Å². The third-order valence-corrected chi connectivity index (χ3v) is 6.02. The molecular weight excluding hydrogens is 296 g/mol. The number of rotatable bonds is 3. The molecule has 0 atom stereocenters. The minimum Gasteiger partial charge on any atom is -0.273 e. The van der Waals surface area contributed by atoms with Crippen LogP contribution in [0.15, 0.2) is 29.4 Å². The van der Waals surface area contributed by atoms with Crippen molar-refractivity contribution in [1.29, 1.82) is 0 Å². The Balaban J connectivity index is 1.43. The SMILES string of the molecule is O=C(N/N=C\c1ccc(Cl)cc1)C12CC3CC(CC(C3)C1)C2. The number of halogens is 1. The molecule has 4 heteroatoms. The number of carbonyl (C=O) groups is 1. The van der Waals surface area contributed by atoms with E-state index in [4.69, 9.17) is 11.6 Å². The molecule has 4 saturated carbocycles. The molecule has 0 radical (unpaired) electrons. The fourth-order valence-electron chi connectivity index (χ4n) is 5.22. The highest BCUT2D eigenvalue weighted by molar-refractivity contribution is 6.30. The van der Waals surface area contributed by atoms with Crippen molar-refractivity contribution >= 4 is 23.7 Å². The van der Waals surface area contributed by atoms with Crippen molar-refractivity contribution in [3.63, 3.8) is 0 Å². The quantitative estimate of drug-likeness (QED) is 0.664. The van der Waals surface area contributed by atoms with Crippen molar-refractivity contribution in [1.82, 2.24) is 5.43 Å². The topological polar surface area (TPSA) is 41.5 Å². The maximum absolute atomic E-state index is 12.7. The van der Waals surface area contributed by atoms with Crippen LogP contribution < -0.4 is 5.43 Å². The van der Waals surface area contributed by atoms with E-state index in [-0.39, 0.29) is 11.3 Å². The summed E-state index contributed by atoms with van der Waals surface area (Å²) in [5.74, 6) is 2.46. The van der Waals surface area contributed by atoms with Gasteiger partial charge in [0.15, 0.2) is 0 Å². The molecule has 5 rings (SSSR count).